The molecule has 6 heteroatoms. The molecule has 27 heavy (non-hydrogen) atoms. The van der Waals surface area contributed by atoms with Crippen LogP contribution in [0.2, 0.25) is 0 Å². The third kappa shape index (κ3) is 4.36. The molecule has 2 aliphatic rings. The van der Waals surface area contributed by atoms with Crippen LogP contribution < -0.4 is 10.6 Å². The summed E-state index contributed by atoms with van der Waals surface area (Å²) in [5.74, 6) is 1.60. The van der Waals surface area contributed by atoms with Gasteiger partial charge in [-0.2, -0.15) is 5.10 Å². The monoisotopic (exact) mass is 388 g/mol. The molecule has 0 radical (unpaired) electrons. The molecule has 2 N–H and O–H groups in total. The molecule has 2 aromatic rings. The number of aromatic nitrogens is 2. The summed E-state index contributed by atoms with van der Waals surface area (Å²) < 4.78 is 2.03. The SMILES string of the molecule is Cc1cnn(C2CCCc3ccccc32)c1NC(=O)CCC1CCNC1.Cl. The smallest absolute Gasteiger partial charge is 0.225 e. The maximum absolute atomic E-state index is 12.5. The van der Waals surface area contributed by atoms with Gasteiger partial charge in [-0.3, -0.25) is 4.79 Å². The first-order valence-electron chi connectivity index (χ1n) is 9.85. The predicted molar refractivity (Wildman–Crippen MR) is 111 cm³/mol. The van der Waals surface area contributed by atoms with Crippen molar-refractivity contribution in [1.29, 1.82) is 0 Å². The van der Waals surface area contributed by atoms with Gasteiger partial charge in [0.25, 0.3) is 0 Å². The molecule has 146 valence electrons. The Labute approximate surface area is 167 Å². The van der Waals surface area contributed by atoms with Crippen molar-refractivity contribution in [2.24, 2.45) is 5.92 Å². The van der Waals surface area contributed by atoms with Crippen LogP contribution in [0.3, 0.4) is 0 Å². The van der Waals surface area contributed by atoms with E-state index in [1.54, 1.807) is 0 Å². The summed E-state index contributed by atoms with van der Waals surface area (Å²) in [4.78, 5) is 12.5. The number of carbonyl (C=O) groups excluding carboxylic acids is 1. The highest BCUT2D eigenvalue weighted by molar-refractivity contribution is 5.90. The fourth-order valence-electron chi connectivity index (χ4n) is 4.31. The van der Waals surface area contributed by atoms with Gasteiger partial charge in [-0.15, -0.1) is 12.4 Å². The van der Waals surface area contributed by atoms with Crippen LogP contribution in [0.25, 0.3) is 0 Å². The Bertz CT molecular complexity index is 782. The van der Waals surface area contributed by atoms with Crippen LogP contribution in [0.1, 0.15) is 54.8 Å². The number of halogens is 1. The first kappa shape index (κ1) is 19.9. The van der Waals surface area contributed by atoms with Crippen LogP contribution >= 0.6 is 12.4 Å². The van der Waals surface area contributed by atoms with Gasteiger partial charge in [0.2, 0.25) is 5.91 Å². The molecule has 1 aromatic carbocycles. The third-order valence-corrected chi connectivity index (χ3v) is 5.81. The first-order valence-corrected chi connectivity index (χ1v) is 9.85. The van der Waals surface area contributed by atoms with Crippen molar-refractivity contribution < 1.29 is 4.79 Å². The fraction of sp³-hybridized carbons (Fsp3) is 0.524. The number of rotatable bonds is 5. The molecule has 0 bridgehead atoms. The lowest BCUT2D eigenvalue weighted by Crippen LogP contribution is -2.23. The van der Waals surface area contributed by atoms with E-state index in [2.05, 4.69) is 40.0 Å². The molecule has 0 spiro atoms. The molecule has 1 fully saturated rings. The zero-order valence-corrected chi connectivity index (χ0v) is 16.7. The molecular weight excluding hydrogens is 360 g/mol. The number of fused-ring (bicyclic) bond motifs is 1. The van der Waals surface area contributed by atoms with Crippen molar-refractivity contribution >= 4 is 24.1 Å². The number of anilines is 1. The highest BCUT2D eigenvalue weighted by Crippen LogP contribution is 2.35. The standard InChI is InChI=1S/C21H28N4O.ClH/c1-15-13-23-25(19-8-4-6-17-5-2-3-7-18(17)19)21(15)24-20(26)10-9-16-11-12-22-14-16;/h2-3,5,7,13,16,19,22H,4,6,8-12,14H2,1H3,(H,24,26);1H. The summed E-state index contributed by atoms with van der Waals surface area (Å²) in [6.45, 7) is 4.15. The molecule has 2 heterocycles. The van der Waals surface area contributed by atoms with E-state index in [0.29, 0.717) is 12.3 Å². The van der Waals surface area contributed by atoms with E-state index in [9.17, 15) is 4.79 Å². The van der Waals surface area contributed by atoms with E-state index >= 15 is 0 Å². The van der Waals surface area contributed by atoms with Gasteiger partial charge in [-0.05, 0) is 69.2 Å². The van der Waals surface area contributed by atoms with Gasteiger partial charge in [-0.25, -0.2) is 4.68 Å². The number of amides is 1. The van der Waals surface area contributed by atoms with Crippen LogP contribution in [0.5, 0.6) is 0 Å². The van der Waals surface area contributed by atoms with Crippen LogP contribution in [-0.2, 0) is 11.2 Å². The second-order valence-corrected chi connectivity index (χ2v) is 7.67. The largest absolute Gasteiger partial charge is 0.316 e. The number of hydrogen-bond acceptors (Lipinski definition) is 3. The Morgan fingerprint density at radius 2 is 2.19 bits per heavy atom. The average molecular weight is 389 g/mol. The van der Waals surface area contributed by atoms with Crippen molar-refractivity contribution in [3.63, 3.8) is 0 Å². The van der Waals surface area contributed by atoms with Gasteiger partial charge >= 0.3 is 0 Å². The van der Waals surface area contributed by atoms with E-state index in [1.807, 2.05) is 17.8 Å². The summed E-state index contributed by atoms with van der Waals surface area (Å²) in [5.41, 5.74) is 3.78. The van der Waals surface area contributed by atoms with Crippen LogP contribution in [-0.4, -0.2) is 28.8 Å². The second kappa shape index (κ2) is 8.89. The van der Waals surface area contributed by atoms with Gasteiger partial charge in [0.1, 0.15) is 5.82 Å². The normalized spacial score (nSPS) is 21.4. The minimum atomic E-state index is 0. The number of hydrogen-bond donors (Lipinski definition) is 2. The topological polar surface area (TPSA) is 59.0 Å². The molecule has 1 saturated heterocycles. The minimum Gasteiger partial charge on any atom is -0.316 e. The van der Waals surface area contributed by atoms with Crippen molar-refractivity contribution in [1.82, 2.24) is 15.1 Å². The Balaban J connectivity index is 0.00000210. The quantitative estimate of drug-likeness (QED) is 0.817. The van der Waals surface area contributed by atoms with E-state index < -0.39 is 0 Å². The maximum Gasteiger partial charge on any atom is 0.225 e. The maximum atomic E-state index is 12.5. The Kier molecular flexibility index (Phi) is 6.55. The average Bonchev–Trinajstić information content (AvgIpc) is 3.30. The zero-order valence-electron chi connectivity index (χ0n) is 15.9. The Morgan fingerprint density at radius 1 is 1.33 bits per heavy atom. The number of aryl methyl sites for hydroxylation is 2. The van der Waals surface area contributed by atoms with E-state index in [4.69, 9.17) is 0 Å². The lowest BCUT2D eigenvalue weighted by Gasteiger charge is -2.27. The van der Waals surface area contributed by atoms with Gasteiger partial charge < -0.3 is 10.6 Å². The summed E-state index contributed by atoms with van der Waals surface area (Å²) in [5, 5.41) is 11.1. The van der Waals surface area contributed by atoms with Crippen molar-refractivity contribution in [2.75, 3.05) is 18.4 Å². The highest BCUT2D eigenvalue weighted by Gasteiger charge is 2.25. The molecule has 1 aliphatic carbocycles. The van der Waals surface area contributed by atoms with Gasteiger partial charge in [0.15, 0.2) is 0 Å². The predicted octanol–water partition coefficient (Wildman–Crippen LogP) is 3.87. The van der Waals surface area contributed by atoms with E-state index in [0.717, 1.165) is 50.2 Å². The van der Waals surface area contributed by atoms with Gasteiger partial charge in [0, 0.05) is 12.0 Å². The van der Waals surface area contributed by atoms with Crippen molar-refractivity contribution in [3.05, 3.63) is 47.2 Å². The number of benzene rings is 1. The molecular formula is C21H29ClN4O. The molecule has 1 aliphatic heterocycles. The Morgan fingerprint density at radius 3 is 3.00 bits per heavy atom. The van der Waals surface area contributed by atoms with Gasteiger partial charge in [-0.1, -0.05) is 24.3 Å². The lowest BCUT2D eigenvalue weighted by atomic mass is 9.88. The minimum absolute atomic E-state index is 0. The lowest BCUT2D eigenvalue weighted by molar-refractivity contribution is -0.116. The highest BCUT2D eigenvalue weighted by atomic mass is 35.5. The molecule has 1 aromatic heterocycles. The second-order valence-electron chi connectivity index (χ2n) is 7.67. The van der Waals surface area contributed by atoms with E-state index in [-0.39, 0.29) is 24.4 Å². The summed E-state index contributed by atoms with van der Waals surface area (Å²) in [7, 11) is 0. The molecule has 2 atom stereocenters. The number of nitrogens with one attached hydrogen (secondary N) is 2. The van der Waals surface area contributed by atoms with Crippen molar-refractivity contribution in [2.45, 2.75) is 51.5 Å². The molecule has 4 rings (SSSR count). The van der Waals surface area contributed by atoms with Crippen molar-refractivity contribution in [3.8, 4) is 0 Å². The zero-order chi connectivity index (χ0) is 17.9. The molecule has 2 unspecified atom stereocenters. The molecule has 5 nitrogen and oxygen atoms in total. The van der Waals surface area contributed by atoms with Crippen LogP contribution in [0, 0.1) is 12.8 Å². The summed E-state index contributed by atoms with van der Waals surface area (Å²) in [6.07, 6.45) is 7.94. The summed E-state index contributed by atoms with van der Waals surface area (Å²) in [6, 6.07) is 8.83. The summed E-state index contributed by atoms with van der Waals surface area (Å²) >= 11 is 0. The van der Waals surface area contributed by atoms with Crippen LogP contribution in [0.4, 0.5) is 5.82 Å². The third-order valence-electron chi connectivity index (χ3n) is 5.81. The van der Waals surface area contributed by atoms with Gasteiger partial charge in [0.05, 0.1) is 12.2 Å². The first-order chi connectivity index (χ1) is 12.7. The molecule has 0 saturated carbocycles. The molecule has 1 amide bonds. The number of nitrogens with zero attached hydrogens (tertiary/aromatic N) is 2. The Hall–Kier alpha value is -1.85. The fourth-order valence-corrected chi connectivity index (χ4v) is 4.31. The number of carbonyl (C=O) groups is 1. The van der Waals surface area contributed by atoms with Crippen LogP contribution in [0.15, 0.2) is 30.5 Å². The van der Waals surface area contributed by atoms with E-state index in [1.165, 1.54) is 17.5 Å².